The number of hydrogen-bond donors (Lipinski definition) is 11. The zero-order valence-electron chi connectivity index (χ0n) is 72.0. The van der Waals surface area contributed by atoms with Crippen LogP contribution in [0.3, 0.4) is 0 Å². The first-order valence-electron chi connectivity index (χ1n) is 40.4. The summed E-state index contributed by atoms with van der Waals surface area (Å²) in [5, 5.41) is 50.7. The number of anilines is 2. The maximum Gasteiger partial charge on any atom is 1.00 e. The number of carbonyl (C=O) groups excluding carboxylic acids is 11. The van der Waals surface area contributed by atoms with Gasteiger partial charge in [0.1, 0.15) is 51.1 Å². The summed E-state index contributed by atoms with van der Waals surface area (Å²) < 4.78 is 51.6. The molecule has 8 amide bonds. The Morgan fingerprint density at radius 3 is 1.12 bits per heavy atom. The van der Waals surface area contributed by atoms with Crippen molar-refractivity contribution in [2.45, 2.75) is 178 Å². The first-order valence-corrected chi connectivity index (χ1v) is 41.5. The second kappa shape index (κ2) is 58.4. The van der Waals surface area contributed by atoms with E-state index in [0.29, 0.717) is 80.8 Å². The van der Waals surface area contributed by atoms with Crippen LogP contribution in [0.5, 0.6) is 5.75 Å². The number of methoxy groups -OCH3 is 1. The number of fused-ring (bicyclic) bond motifs is 4. The van der Waals surface area contributed by atoms with E-state index in [9.17, 15) is 71.1 Å². The van der Waals surface area contributed by atoms with Crippen LogP contribution in [0.25, 0.3) is 43.6 Å². The molecular weight excluding hydrogens is 1850 g/mol. The van der Waals surface area contributed by atoms with E-state index in [1.807, 2.05) is 6.92 Å². The van der Waals surface area contributed by atoms with Gasteiger partial charge in [-0.05, 0) is 127 Å². The van der Waals surface area contributed by atoms with E-state index < -0.39 is 59.1 Å². The Morgan fingerprint density at radius 2 is 0.813 bits per heavy atom. The van der Waals surface area contributed by atoms with E-state index in [1.54, 1.807) is 123 Å². The van der Waals surface area contributed by atoms with Gasteiger partial charge in [0.25, 0.3) is 23.6 Å². The van der Waals surface area contributed by atoms with Crippen LogP contribution in [0.4, 0.5) is 20.2 Å². The van der Waals surface area contributed by atoms with Gasteiger partial charge in [0, 0.05) is 57.3 Å². The number of halogens is 4. The number of benzene rings is 6. The van der Waals surface area contributed by atoms with E-state index in [2.05, 4.69) is 51.7 Å². The molecule has 10 aromatic rings. The summed E-state index contributed by atoms with van der Waals surface area (Å²) in [5.74, 6) is -8.15. The van der Waals surface area contributed by atoms with Gasteiger partial charge < -0.3 is 99.5 Å². The van der Waals surface area contributed by atoms with Crippen molar-refractivity contribution in [2.24, 2.45) is 28.7 Å². The van der Waals surface area contributed by atoms with Gasteiger partial charge in [0.05, 0.1) is 73.5 Å². The molecule has 134 heavy (non-hydrogen) atoms. The molecule has 0 bridgehead atoms. The normalized spacial score (nSPS) is 12.5. The predicted molar refractivity (Wildman–Crippen MR) is 499 cm³/mol. The Hall–Kier alpha value is -12.6. The van der Waals surface area contributed by atoms with Gasteiger partial charge in [-0.25, -0.2) is 8.78 Å². The molecule has 15 rings (SSSR count). The number of aromatic nitrogens is 8. The number of nitrogens with zero attached hydrogens (tertiary/aromatic N) is 11. The van der Waals surface area contributed by atoms with Gasteiger partial charge in [-0.3, -0.25) is 81.1 Å². The molecule has 0 unspecified atom stereocenters. The van der Waals surface area contributed by atoms with Crippen LogP contribution in [0.2, 0.25) is 0 Å². The topological polar surface area (TPSA) is 611 Å². The van der Waals surface area contributed by atoms with Gasteiger partial charge in [-0.15, -0.1) is 12.4 Å². The van der Waals surface area contributed by atoms with Gasteiger partial charge in [-0.2, -0.15) is 20.4 Å². The molecule has 40 nitrogen and oxygen atoms in total. The number of carbonyl (C=O) groups is 13. The average molecular weight is 1970 g/mol. The SMILES string of the molecule is C.C.C.C.CCOC(=O)CBr.CCOC(=O)CN(C(=O)Cn1nc(C(N)=O)c2ccccc21)C1CC1.CCOC(=O)CNC1CC1.COc1cccc(NC(=O)CN(C(=O)Cn2nc(C(N)=O)c3ccccc32)C2CC2)c1F.Cl.NC(=O)c1nn(CC(=O)N(CC(=O)O)C2CC2)c2ccccc12.NC(=O)c1nn(CC(=O)O)c2ccccc12.NC1CC1.Nc1cccc(CO)c1F.[Na+].[OH-]. The fourth-order valence-corrected chi connectivity index (χ4v) is 12.4. The molecule has 5 aliphatic rings. The molecule has 0 atom stereocenters. The molecule has 45 heteroatoms. The number of rotatable bonds is 31. The number of nitrogens with one attached hydrogen (secondary N) is 2. The summed E-state index contributed by atoms with van der Waals surface area (Å²) in [7, 11) is 1.33. The van der Waals surface area contributed by atoms with Crippen LogP contribution in [-0.4, -0.2) is 240 Å². The molecule has 4 heterocycles. The quantitative estimate of drug-likeness (QED) is 0.00887. The molecule has 18 N–H and O–H groups in total. The summed E-state index contributed by atoms with van der Waals surface area (Å²) in [6, 6.07) is 38.0. The van der Waals surface area contributed by atoms with E-state index in [-0.39, 0.29) is 229 Å². The molecule has 0 spiro atoms. The summed E-state index contributed by atoms with van der Waals surface area (Å²) in [4.78, 5) is 155. The number of ether oxygens (including phenoxy) is 4. The van der Waals surface area contributed by atoms with Crippen molar-refractivity contribution in [3.8, 4) is 5.75 Å². The van der Waals surface area contributed by atoms with Crippen LogP contribution in [0.1, 0.15) is 162 Å². The molecule has 5 saturated carbocycles. The fourth-order valence-electron chi connectivity index (χ4n) is 12.3. The number of nitrogen functional groups attached to an aromatic ring is 1. The van der Waals surface area contributed by atoms with E-state index >= 15 is 0 Å². The first-order chi connectivity index (χ1) is 60.7. The number of aliphatic hydroxyl groups is 1. The zero-order chi connectivity index (χ0) is 92.7. The standard InChI is InChI=1S/C22H22FN5O4.C17H20N4O4.C15H16N4O4.C10H9N3O3.C7H8FNO.C7H13NO2.C4H7BrO2.C3H7N.4CH4.ClH.Na.H2O/c1-32-17-8-4-6-15(20(17)23)25-18(29)11-27(13-9-10-13)19(30)12-28-16-7-3-2-5-14(16)21(26-28)22(24)31;1-2-25-15(23)10-20(11-7-8-11)14(22)9-21-13-6-4-3-5-12(13)16(19-21)17(18)24;16-15(23)14-10-3-1-2-4-11(10)19(17-14)7-12(20)18(8-13(21)22)9-5-6-9;11-10(16)9-6-3-1-2-4-7(6)13(12-9)5-8(14)15;8-7-5(4-10)2-1-3-6(7)9;1-2-10-7(9)5-8-6-3-4-6;1-2-7-4(6)3-5;4-3-1-2-3;;;;;;;/h2-8,13H,9-12H2,1H3,(H2,24,31)(H,25,29);3-6,11H,2,7-10H2,1H3,(H2,18,24);1-4,9H,5-8H2,(H2,16,23)(H,21,22);1-4H,5H2,(H2,11,16)(H,14,15);1-3,10H,4,9H2;6,8H,2-5H2,1H3;2-3H2,1H3;3H,1-2,4H2;4*1H4;1H;;1H2/q;;;;;;;;;;;;;+1;/p-1. The van der Waals surface area contributed by atoms with Crippen molar-refractivity contribution in [1.29, 1.82) is 0 Å². The number of aliphatic hydroxyl groups excluding tert-OH is 1. The Labute approximate surface area is 809 Å². The van der Waals surface area contributed by atoms with Crippen molar-refractivity contribution in [3.05, 3.63) is 173 Å². The van der Waals surface area contributed by atoms with Crippen molar-refractivity contribution < 1.29 is 140 Å². The number of primary amides is 4. The third-order valence-electron chi connectivity index (χ3n) is 19.0. The predicted octanol–water partition coefficient (Wildman–Crippen LogP) is 5.08. The van der Waals surface area contributed by atoms with Gasteiger partial charge >= 0.3 is 59.4 Å². The number of para-hydroxylation sites is 4. The zero-order valence-corrected chi connectivity index (χ0v) is 76.4. The number of esters is 3. The van der Waals surface area contributed by atoms with E-state index in [0.717, 1.165) is 38.5 Å². The minimum absolute atomic E-state index is 0. The maximum absolute atomic E-state index is 14.3. The number of amides is 8. The van der Waals surface area contributed by atoms with Gasteiger partial charge in [-0.1, -0.05) is 137 Å². The largest absolute Gasteiger partial charge is 1.00 e. The molecule has 4 aromatic heterocycles. The number of aliphatic carboxylic acids is 2. The van der Waals surface area contributed by atoms with Gasteiger partial charge in [0.15, 0.2) is 40.2 Å². The van der Waals surface area contributed by atoms with Crippen LogP contribution in [0.15, 0.2) is 133 Å². The molecule has 0 radical (unpaired) electrons. The van der Waals surface area contributed by atoms with Crippen LogP contribution in [-0.2, 0) is 90.1 Å². The second-order valence-electron chi connectivity index (χ2n) is 29.0. The fraction of sp³-hybridized carbons (Fsp3) is 0.404. The monoisotopic (exact) mass is 1970 g/mol. The molecule has 726 valence electrons. The number of hydrogen-bond acceptors (Lipinski definition) is 26. The van der Waals surface area contributed by atoms with Gasteiger partial charge in [0.2, 0.25) is 23.6 Å². The summed E-state index contributed by atoms with van der Waals surface area (Å²) in [5.41, 5.74) is 34.8. The average Bonchev–Trinajstić information content (AvgIpc) is 1.61. The number of carboxylic acids is 2. The number of nitrogens with two attached hydrogens (primary N) is 6. The number of carboxylic acid groups (broad SMARTS) is 2. The van der Waals surface area contributed by atoms with Crippen LogP contribution < -0.4 is 79.3 Å². The smallest absolute Gasteiger partial charge is 0.870 e. The first kappa shape index (κ1) is 119. The summed E-state index contributed by atoms with van der Waals surface area (Å²) in [6.45, 7) is 5.31. The molecule has 0 saturated heterocycles. The molecule has 5 aliphatic carbocycles. The minimum Gasteiger partial charge on any atom is -0.870 e. The van der Waals surface area contributed by atoms with Crippen molar-refractivity contribution in [2.75, 3.05) is 69.5 Å². The van der Waals surface area contributed by atoms with Crippen molar-refractivity contribution in [3.63, 3.8) is 0 Å². The van der Waals surface area contributed by atoms with Crippen molar-refractivity contribution in [1.82, 2.24) is 59.1 Å². The molecular formula is C89H120BrClF2N19NaO21. The molecule has 0 aliphatic heterocycles. The molecule has 6 aromatic carbocycles. The summed E-state index contributed by atoms with van der Waals surface area (Å²) in [6.07, 6.45) is 9.86. The second-order valence-corrected chi connectivity index (χ2v) is 29.5. The Balaban J connectivity index is 0.000000804. The van der Waals surface area contributed by atoms with Crippen molar-refractivity contribution >= 4 is 160 Å². The maximum atomic E-state index is 14.3. The number of alkyl halides is 1. The van der Waals surface area contributed by atoms with E-state index in [1.165, 1.54) is 90.5 Å². The van der Waals surface area contributed by atoms with Crippen LogP contribution >= 0.6 is 28.3 Å². The minimum atomic E-state index is -1.05. The Kier molecular flexibility index (Phi) is 52.0. The Morgan fingerprint density at radius 1 is 0.470 bits per heavy atom. The third-order valence-corrected chi connectivity index (χ3v) is 19.5. The Bertz CT molecular complexity index is 5610. The van der Waals surface area contributed by atoms with E-state index in [4.69, 9.17) is 63.9 Å². The molecule has 5 fully saturated rings. The third kappa shape index (κ3) is 36.4. The summed E-state index contributed by atoms with van der Waals surface area (Å²) >= 11 is 2.94. The van der Waals surface area contributed by atoms with Crippen LogP contribution in [0, 0.1) is 11.6 Å².